The smallest absolute Gasteiger partial charge is 0.390 e. The third-order valence-electron chi connectivity index (χ3n) is 1.90. The van der Waals surface area contributed by atoms with Crippen LogP contribution in [0.2, 0.25) is 0 Å². The minimum atomic E-state index is -0.543. The summed E-state index contributed by atoms with van der Waals surface area (Å²) in [6.45, 7) is 0. The molecule has 0 spiro atoms. The molecule has 0 atom stereocenters. The van der Waals surface area contributed by atoms with Gasteiger partial charge in [-0.2, -0.15) is 0 Å². The number of nitrogens with zero attached hydrogens (tertiary/aromatic N) is 2. The molecule has 1 aromatic carbocycles. The molecule has 0 fully saturated rings. The molecule has 1 aromatic heterocycles. The summed E-state index contributed by atoms with van der Waals surface area (Å²) in [5, 5.41) is 3.07. The monoisotopic (exact) mass is 203 g/mol. The van der Waals surface area contributed by atoms with Gasteiger partial charge in [-0.1, -0.05) is 12.1 Å². The Labute approximate surface area is 86.1 Å². The fraction of sp³-hybridized carbons (Fsp3) is 0.100. The fourth-order valence-electron chi connectivity index (χ4n) is 1.20. The molecule has 0 unspecified atom stereocenters. The van der Waals surface area contributed by atoms with Gasteiger partial charge in [0.2, 0.25) is 5.88 Å². The number of amides is 1. The van der Waals surface area contributed by atoms with Crippen molar-refractivity contribution < 1.29 is 9.53 Å². The zero-order valence-corrected chi connectivity index (χ0v) is 8.10. The molecule has 0 saturated carbocycles. The lowest BCUT2D eigenvalue weighted by Gasteiger charge is -2.04. The van der Waals surface area contributed by atoms with Gasteiger partial charge in [0.05, 0.1) is 10.9 Å². The predicted octanol–water partition coefficient (Wildman–Crippen LogP) is 1.35. The Kier molecular flexibility index (Phi) is 2.45. The Morgan fingerprint density at radius 3 is 2.93 bits per heavy atom. The Morgan fingerprint density at radius 1 is 1.33 bits per heavy atom. The number of nitrogens with one attached hydrogen (secondary N) is 1. The molecular weight excluding hydrogens is 194 g/mol. The van der Waals surface area contributed by atoms with Crippen molar-refractivity contribution in [1.29, 1.82) is 0 Å². The highest BCUT2D eigenvalue weighted by molar-refractivity contribution is 5.85. The van der Waals surface area contributed by atoms with Crippen LogP contribution in [-0.2, 0) is 0 Å². The van der Waals surface area contributed by atoms with Crippen molar-refractivity contribution in [2.45, 2.75) is 0 Å². The molecule has 0 aliphatic rings. The van der Waals surface area contributed by atoms with Crippen LogP contribution in [0.3, 0.4) is 0 Å². The molecule has 0 saturated heterocycles. The quantitative estimate of drug-likeness (QED) is 0.759. The molecule has 0 bridgehead atoms. The maximum absolute atomic E-state index is 11.0. The van der Waals surface area contributed by atoms with E-state index < -0.39 is 6.09 Å². The molecule has 2 aromatic rings. The number of fused-ring (bicyclic) bond motifs is 1. The van der Waals surface area contributed by atoms with Crippen LogP contribution in [0.15, 0.2) is 30.6 Å². The largest absolute Gasteiger partial charge is 0.413 e. The third kappa shape index (κ3) is 1.85. The zero-order chi connectivity index (χ0) is 10.7. The summed E-state index contributed by atoms with van der Waals surface area (Å²) in [5.74, 6) is 0.264. The summed E-state index contributed by atoms with van der Waals surface area (Å²) in [5.41, 5.74) is 0.742. The van der Waals surface area contributed by atoms with Crippen molar-refractivity contribution in [3.63, 3.8) is 0 Å². The highest BCUT2D eigenvalue weighted by Crippen LogP contribution is 2.20. The van der Waals surface area contributed by atoms with Crippen LogP contribution in [0.25, 0.3) is 10.9 Å². The highest BCUT2D eigenvalue weighted by atomic mass is 16.6. The van der Waals surface area contributed by atoms with Crippen LogP contribution in [0, 0.1) is 0 Å². The normalized spacial score (nSPS) is 9.93. The number of hydrogen-bond donors (Lipinski definition) is 1. The highest BCUT2D eigenvalue weighted by Gasteiger charge is 2.07. The predicted molar refractivity (Wildman–Crippen MR) is 54.6 cm³/mol. The van der Waals surface area contributed by atoms with E-state index in [1.54, 1.807) is 6.07 Å². The van der Waals surface area contributed by atoms with E-state index in [4.69, 9.17) is 4.74 Å². The number of aromatic nitrogens is 2. The topological polar surface area (TPSA) is 64.1 Å². The molecule has 5 heteroatoms. The van der Waals surface area contributed by atoms with Gasteiger partial charge in [-0.25, -0.2) is 14.8 Å². The van der Waals surface area contributed by atoms with Gasteiger partial charge in [-0.3, -0.25) is 0 Å². The number of ether oxygens (including phenoxy) is 1. The first-order chi connectivity index (χ1) is 7.31. The van der Waals surface area contributed by atoms with Crippen molar-refractivity contribution in [2.75, 3.05) is 7.05 Å². The maximum atomic E-state index is 11.0. The lowest BCUT2D eigenvalue weighted by atomic mass is 10.2. The number of benzene rings is 1. The SMILES string of the molecule is CNC(=O)Oc1ncnc2ccccc12. The lowest BCUT2D eigenvalue weighted by Crippen LogP contribution is -2.22. The number of hydrogen-bond acceptors (Lipinski definition) is 4. The molecule has 1 amide bonds. The molecule has 5 nitrogen and oxygen atoms in total. The summed E-state index contributed by atoms with van der Waals surface area (Å²) < 4.78 is 4.98. The van der Waals surface area contributed by atoms with E-state index >= 15 is 0 Å². The fourth-order valence-corrected chi connectivity index (χ4v) is 1.20. The van der Waals surface area contributed by atoms with Gasteiger partial charge in [-0.15, -0.1) is 0 Å². The van der Waals surface area contributed by atoms with Crippen molar-refractivity contribution in [3.05, 3.63) is 30.6 Å². The van der Waals surface area contributed by atoms with E-state index in [0.717, 1.165) is 5.52 Å². The Morgan fingerprint density at radius 2 is 2.13 bits per heavy atom. The summed E-state index contributed by atoms with van der Waals surface area (Å²) in [7, 11) is 1.49. The summed E-state index contributed by atoms with van der Waals surface area (Å²) in [6, 6.07) is 7.32. The van der Waals surface area contributed by atoms with E-state index in [0.29, 0.717) is 5.39 Å². The van der Waals surface area contributed by atoms with Crippen molar-refractivity contribution in [3.8, 4) is 5.88 Å². The van der Waals surface area contributed by atoms with Crippen molar-refractivity contribution in [1.82, 2.24) is 15.3 Å². The second-order valence-corrected chi connectivity index (χ2v) is 2.84. The van der Waals surface area contributed by atoms with Gasteiger partial charge in [0, 0.05) is 7.05 Å². The molecule has 1 heterocycles. The summed E-state index contributed by atoms with van der Waals surface area (Å²) in [6.07, 6.45) is 0.819. The van der Waals surface area contributed by atoms with E-state index in [-0.39, 0.29) is 5.88 Å². The first kappa shape index (κ1) is 9.39. The van der Waals surface area contributed by atoms with Crippen molar-refractivity contribution in [2.24, 2.45) is 0 Å². The van der Waals surface area contributed by atoms with Crippen LogP contribution in [0.4, 0.5) is 4.79 Å². The van der Waals surface area contributed by atoms with Gasteiger partial charge in [-0.05, 0) is 12.1 Å². The van der Waals surface area contributed by atoms with E-state index in [1.165, 1.54) is 13.4 Å². The van der Waals surface area contributed by atoms with Crippen LogP contribution in [-0.4, -0.2) is 23.1 Å². The van der Waals surface area contributed by atoms with Crippen LogP contribution in [0.5, 0.6) is 5.88 Å². The van der Waals surface area contributed by atoms with E-state index in [1.807, 2.05) is 18.2 Å². The maximum Gasteiger partial charge on any atom is 0.413 e. The Hall–Kier alpha value is -2.17. The minimum Gasteiger partial charge on any atom is -0.390 e. The Balaban J connectivity index is 2.46. The van der Waals surface area contributed by atoms with E-state index in [2.05, 4.69) is 15.3 Å². The molecule has 76 valence electrons. The molecule has 0 aliphatic heterocycles. The van der Waals surface area contributed by atoms with Crippen LogP contribution < -0.4 is 10.1 Å². The number of carbonyl (C=O) groups is 1. The molecule has 2 rings (SSSR count). The molecular formula is C10H9N3O2. The van der Waals surface area contributed by atoms with Crippen LogP contribution >= 0.6 is 0 Å². The second-order valence-electron chi connectivity index (χ2n) is 2.84. The second kappa shape index (κ2) is 3.91. The van der Waals surface area contributed by atoms with Gasteiger partial charge in [0.15, 0.2) is 0 Å². The third-order valence-corrected chi connectivity index (χ3v) is 1.90. The molecule has 0 aliphatic carbocycles. The zero-order valence-electron chi connectivity index (χ0n) is 8.10. The first-order valence-electron chi connectivity index (χ1n) is 4.40. The van der Waals surface area contributed by atoms with Gasteiger partial charge < -0.3 is 10.1 Å². The minimum absolute atomic E-state index is 0.264. The van der Waals surface area contributed by atoms with Crippen LogP contribution in [0.1, 0.15) is 0 Å². The average Bonchev–Trinajstić information content (AvgIpc) is 2.29. The van der Waals surface area contributed by atoms with Gasteiger partial charge >= 0.3 is 6.09 Å². The van der Waals surface area contributed by atoms with Crippen molar-refractivity contribution >= 4 is 17.0 Å². The molecule has 15 heavy (non-hydrogen) atoms. The van der Waals surface area contributed by atoms with E-state index in [9.17, 15) is 4.79 Å². The van der Waals surface area contributed by atoms with Gasteiger partial charge in [0.25, 0.3) is 0 Å². The standard InChI is InChI=1S/C10H9N3O2/c1-11-10(14)15-9-7-4-2-3-5-8(7)12-6-13-9/h2-6H,1H3,(H,11,14). The van der Waals surface area contributed by atoms with Gasteiger partial charge in [0.1, 0.15) is 6.33 Å². The number of rotatable bonds is 1. The molecule has 1 N–H and O–H groups in total. The number of para-hydroxylation sites is 1. The summed E-state index contributed by atoms with van der Waals surface area (Å²) in [4.78, 5) is 19.0. The Bertz CT molecular complexity index is 493. The average molecular weight is 203 g/mol. The molecule has 0 radical (unpaired) electrons. The lowest BCUT2D eigenvalue weighted by molar-refractivity contribution is 0.201. The number of carbonyl (C=O) groups excluding carboxylic acids is 1. The first-order valence-corrected chi connectivity index (χ1v) is 4.40. The summed E-state index contributed by atoms with van der Waals surface area (Å²) >= 11 is 0.